The molecule has 0 spiro atoms. The highest BCUT2D eigenvalue weighted by molar-refractivity contribution is 7.14. The highest BCUT2D eigenvalue weighted by Crippen LogP contribution is 2.42. The first kappa shape index (κ1) is 21.8. The summed E-state index contributed by atoms with van der Waals surface area (Å²) in [6, 6.07) is 4.44. The molecule has 1 N–H and O–H groups in total. The third-order valence-electron chi connectivity index (χ3n) is 6.14. The molecule has 3 rings (SSSR count). The van der Waals surface area contributed by atoms with Crippen LogP contribution in [0.5, 0.6) is 0 Å². The first-order valence-corrected chi connectivity index (χ1v) is 11.7. The molecular formula is C26H35NOS. The van der Waals surface area contributed by atoms with Gasteiger partial charge in [-0.1, -0.05) is 39.0 Å². The highest BCUT2D eigenvalue weighted by Gasteiger charge is 2.31. The number of thiophene rings is 1. The Kier molecular flexibility index (Phi) is 6.68. The predicted octanol–water partition coefficient (Wildman–Crippen LogP) is 6.86. The summed E-state index contributed by atoms with van der Waals surface area (Å²) in [6.07, 6.45) is 7.67. The lowest BCUT2D eigenvalue weighted by Gasteiger charge is -2.30. The van der Waals surface area contributed by atoms with Crippen LogP contribution in [0.2, 0.25) is 0 Å². The zero-order valence-corrected chi connectivity index (χ0v) is 19.5. The number of nitrogens with one attached hydrogen (secondary N) is 1. The largest absolute Gasteiger partial charge is 0.381 e. The third-order valence-corrected chi connectivity index (χ3v) is 7.60. The fraction of sp³-hybridized carbons (Fsp3) is 0.500. The second kappa shape index (κ2) is 8.87. The van der Waals surface area contributed by atoms with E-state index in [1.165, 1.54) is 44.8 Å². The summed E-state index contributed by atoms with van der Waals surface area (Å²) in [5.74, 6) is 0.329. The van der Waals surface area contributed by atoms with Crippen LogP contribution in [0.1, 0.15) is 76.0 Å². The van der Waals surface area contributed by atoms with Crippen LogP contribution in [0.25, 0.3) is 0 Å². The van der Waals surface area contributed by atoms with E-state index in [1.807, 2.05) is 6.08 Å². The maximum absolute atomic E-state index is 13.1. The second-order valence-corrected chi connectivity index (χ2v) is 10.3. The monoisotopic (exact) mass is 409 g/mol. The SMILES string of the molecule is C=CCNc1c(C)cc(CCC(=O)c2sc(CC)c3c2CCC(C)(C)C3)cc1C. The molecule has 0 amide bonds. The van der Waals surface area contributed by atoms with Gasteiger partial charge in [0.2, 0.25) is 0 Å². The lowest BCUT2D eigenvalue weighted by Crippen LogP contribution is -2.22. The zero-order valence-electron chi connectivity index (χ0n) is 18.7. The molecule has 0 radical (unpaired) electrons. The number of carbonyl (C=O) groups excluding carboxylic acids is 1. The van der Waals surface area contributed by atoms with Crippen LogP contribution in [0, 0.1) is 19.3 Å². The normalized spacial score (nSPS) is 15.1. The van der Waals surface area contributed by atoms with E-state index in [1.54, 1.807) is 11.3 Å². The summed E-state index contributed by atoms with van der Waals surface area (Å²) in [5.41, 5.74) is 8.11. The van der Waals surface area contributed by atoms with E-state index in [9.17, 15) is 4.79 Å². The molecule has 1 aliphatic rings. The maximum atomic E-state index is 13.1. The van der Waals surface area contributed by atoms with E-state index in [0.717, 1.165) is 37.1 Å². The number of carbonyl (C=O) groups is 1. The van der Waals surface area contributed by atoms with Crippen LogP contribution in [-0.4, -0.2) is 12.3 Å². The van der Waals surface area contributed by atoms with Gasteiger partial charge in [-0.15, -0.1) is 17.9 Å². The molecule has 0 saturated heterocycles. The van der Waals surface area contributed by atoms with Crippen LogP contribution in [0.4, 0.5) is 5.69 Å². The first-order valence-electron chi connectivity index (χ1n) is 10.9. The summed E-state index contributed by atoms with van der Waals surface area (Å²) in [4.78, 5) is 15.6. The topological polar surface area (TPSA) is 29.1 Å². The molecule has 0 aliphatic heterocycles. The number of ketones is 1. The lowest BCUT2D eigenvalue weighted by molar-refractivity contribution is 0.0985. The van der Waals surface area contributed by atoms with E-state index in [-0.39, 0.29) is 0 Å². The van der Waals surface area contributed by atoms with Crippen molar-refractivity contribution in [1.82, 2.24) is 0 Å². The molecule has 0 atom stereocenters. The molecule has 0 fully saturated rings. The summed E-state index contributed by atoms with van der Waals surface area (Å²) in [7, 11) is 0. The Bertz CT molecular complexity index is 896. The van der Waals surface area contributed by atoms with Gasteiger partial charge in [0.25, 0.3) is 0 Å². The van der Waals surface area contributed by atoms with Gasteiger partial charge in [0, 0.05) is 23.5 Å². The second-order valence-electron chi connectivity index (χ2n) is 9.20. The predicted molar refractivity (Wildman–Crippen MR) is 127 cm³/mol. The molecule has 1 aromatic carbocycles. The van der Waals surface area contributed by atoms with Crippen molar-refractivity contribution in [2.75, 3.05) is 11.9 Å². The van der Waals surface area contributed by atoms with Crippen molar-refractivity contribution in [2.24, 2.45) is 5.41 Å². The van der Waals surface area contributed by atoms with Crippen molar-refractivity contribution in [3.63, 3.8) is 0 Å². The Labute approximate surface area is 180 Å². The Balaban J connectivity index is 1.75. The van der Waals surface area contributed by atoms with Crippen LogP contribution >= 0.6 is 11.3 Å². The molecule has 1 aliphatic carbocycles. The van der Waals surface area contributed by atoms with Crippen molar-refractivity contribution < 1.29 is 4.79 Å². The van der Waals surface area contributed by atoms with Gasteiger partial charge < -0.3 is 5.32 Å². The molecule has 1 heterocycles. The van der Waals surface area contributed by atoms with Crippen molar-refractivity contribution >= 4 is 22.8 Å². The fourth-order valence-electron chi connectivity index (χ4n) is 4.58. The van der Waals surface area contributed by atoms with Gasteiger partial charge >= 0.3 is 0 Å². The number of benzene rings is 1. The summed E-state index contributed by atoms with van der Waals surface area (Å²) < 4.78 is 0. The number of hydrogen-bond donors (Lipinski definition) is 1. The van der Waals surface area contributed by atoms with Crippen LogP contribution in [-0.2, 0) is 25.7 Å². The van der Waals surface area contributed by atoms with E-state index in [0.29, 0.717) is 17.6 Å². The Morgan fingerprint density at radius 2 is 1.93 bits per heavy atom. The van der Waals surface area contributed by atoms with Crippen LogP contribution < -0.4 is 5.32 Å². The Morgan fingerprint density at radius 1 is 1.24 bits per heavy atom. The third kappa shape index (κ3) is 4.83. The highest BCUT2D eigenvalue weighted by atomic mass is 32.1. The van der Waals surface area contributed by atoms with Crippen molar-refractivity contribution in [3.05, 3.63) is 62.4 Å². The zero-order chi connectivity index (χ0) is 21.2. The number of Topliss-reactive ketones (excluding diaryl/α,β-unsaturated/α-hetero) is 1. The smallest absolute Gasteiger partial charge is 0.173 e. The van der Waals surface area contributed by atoms with Crippen molar-refractivity contribution in [1.29, 1.82) is 0 Å². The van der Waals surface area contributed by atoms with Crippen molar-refractivity contribution in [2.45, 2.75) is 73.1 Å². The molecule has 156 valence electrons. The Morgan fingerprint density at radius 3 is 2.55 bits per heavy atom. The summed E-state index contributed by atoms with van der Waals surface area (Å²) in [5, 5.41) is 3.42. The van der Waals surface area contributed by atoms with E-state index >= 15 is 0 Å². The summed E-state index contributed by atoms with van der Waals surface area (Å²) >= 11 is 1.77. The van der Waals surface area contributed by atoms with Crippen LogP contribution in [0.15, 0.2) is 24.8 Å². The van der Waals surface area contributed by atoms with E-state index in [2.05, 4.69) is 58.6 Å². The number of rotatable bonds is 8. The lowest BCUT2D eigenvalue weighted by atomic mass is 9.74. The molecule has 2 nitrogen and oxygen atoms in total. The number of aryl methyl sites for hydroxylation is 4. The standard InChI is InChI=1S/C26H35NOS/c1-7-13-27-24-17(3)14-19(15-18(24)4)9-10-22(28)25-20-11-12-26(5,6)16-21(20)23(8-2)29-25/h7,14-15,27H,1,8-13,16H2,2-6H3. The van der Waals surface area contributed by atoms with Gasteiger partial charge in [-0.25, -0.2) is 0 Å². The minimum Gasteiger partial charge on any atom is -0.381 e. The molecule has 0 unspecified atom stereocenters. The minimum absolute atomic E-state index is 0.329. The number of hydrogen-bond acceptors (Lipinski definition) is 3. The molecule has 0 saturated carbocycles. The number of anilines is 1. The summed E-state index contributed by atoms with van der Waals surface area (Å²) in [6.45, 7) is 15.7. The van der Waals surface area contributed by atoms with Crippen LogP contribution in [0.3, 0.4) is 0 Å². The quantitative estimate of drug-likeness (QED) is 0.381. The minimum atomic E-state index is 0.329. The molecule has 1 aromatic heterocycles. The molecular weight excluding hydrogens is 374 g/mol. The van der Waals surface area contributed by atoms with Gasteiger partial charge in [-0.3, -0.25) is 4.79 Å². The molecule has 2 aromatic rings. The molecule has 29 heavy (non-hydrogen) atoms. The van der Waals surface area contributed by atoms with Gasteiger partial charge in [-0.05, 0) is 79.2 Å². The number of fused-ring (bicyclic) bond motifs is 1. The van der Waals surface area contributed by atoms with Gasteiger partial charge in [-0.2, -0.15) is 0 Å². The molecule has 3 heteroatoms. The first-order chi connectivity index (χ1) is 13.8. The molecule has 0 bridgehead atoms. The Hall–Kier alpha value is -1.87. The average molecular weight is 410 g/mol. The van der Waals surface area contributed by atoms with Crippen molar-refractivity contribution in [3.8, 4) is 0 Å². The average Bonchev–Trinajstić information content (AvgIpc) is 3.02. The van der Waals surface area contributed by atoms with E-state index in [4.69, 9.17) is 0 Å². The van der Waals surface area contributed by atoms with Gasteiger partial charge in [0.05, 0.1) is 4.88 Å². The fourth-order valence-corrected chi connectivity index (χ4v) is 5.86. The van der Waals surface area contributed by atoms with Gasteiger partial charge in [0.1, 0.15) is 0 Å². The maximum Gasteiger partial charge on any atom is 0.173 e. The van der Waals surface area contributed by atoms with Gasteiger partial charge in [0.15, 0.2) is 5.78 Å². The van der Waals surface area contributed by atoms with E-state index < -0.39 is 0 Å².